The topological polar surface area (TPSA) is 3.24 Å². The van der Waals surface area contributed by atoms with Crippen LogP contribution in [0.2, 0.25) is 0 Å². The molecule has 0 bridgehead atoms. The third-order valence-corrected chi connectivity index (χ3v) is 15.5. The Hall–Kier alpha value is -4.88. The van der Waals surface area contributed by atoms with E-state index in [0.29, 0.717) is 0 Å². The Morgan fingerprint density at radius 1 is 0.348 bits per heavy atom. The number of rotatable bonds is 27. The van der Waals surface area contributed by atoms with Crippen molar-refractivity contribution in [3.05, 3.63) is 161 Å². The predicted molar refractivity (Wildman–Crippen MR) is 288 cm³/mol. The van der Waals surface area contributed by atoms with Crippen molar-refractivity contribution >= 4 is 17.1 Å². The van der Waals surface area contributed by atoms with E-state index < -0.39 is 0 Å². The summed E-state index contributed by atoms with van der Waals surface area (Å²) >= 11 is 0. The molecule has 0 fully saturated rings. The van der Waals surface area contributed by atoms with E-state index in [1.54, 1.807) is 11.1 Å². The molecular weight excluding hydrogens is 795 g/mol. The van der Waals surface area contributed by atoms with Gasteiger partial charge in [-0.1, -0.05) is 238 Å². The summed E-state index contributed by atoms with van der Waals surface area (Å²) in [6.07, 6.45) is 32.6. The van der Waals surface area contributed by atoms with Gasteiger partial charge in [0.2, 0.25) is 0 Å². The van der Waals surface area contributed by atoms with Gasteiger partial charge in [0.15, 0.2) is 0 Å². The largest absolute Gasteiger partial charge is 0.311 e. The van der Waals surface area contributed by atoms with Crippen LogP contribution >= 0.6 is 0 Å². The Kier molecular flexibility index (Phi) is 17.1. The predicted octanol–water partition coefficient (Wildman–Crippen LogP) is 20.1. The van der Waals surface area contributed by atoms with E-state index >= 15 is 0 Å². The highest BCUT2D eigenvalue weighted by Crippen LogP contribution is 2.55. The van der Waals surface area contributed by atoms with E-state index in [0.717, 1.165) is 0 Å². The van der Waals surface area contributed by atoms with Crippen molar-refractivity contribution in [2.24, 2.45) is 0 Å². The smallest absolute Gasteiger partial charge is 0.0462 e. The standard InChI is InChI=1S/C65H81N/c1-5-7-9-11-13-15-17-19-21-23-45-65(46-24-22-20-18-16-14-12-10-8-6-2)63-47-51(4)27-43-61(63)62-44-36-57(49-64(62)65)54-34-41-60(42-35-54)66(58-37-25-50(3)26-38-58)59-39-32-53(33-40-59)56-31-29-52-28-30-55(52)48-56/h25-27,29,31-44,47-49H,5-24,28,30,45-46H2,1-4H3. The van der Waals surface area contributed by atoms with E-state index in [1.165, 1.54) is 227 Å². The zero-order valence-corrected chi connectivity index (χ0v) is 41.5. The van der Waals surface area contributed by atoms with Crippen LogP contribution in [0.25, 0.3) is 33.4 Å². The van der Waals surface area contributed by atoms with Crippen LogP contribution in [0.3, 0.4) is 0 Å². The number of hydrogen-bond acceptors (Lipinski definition) is 1. The lowest BCUT2D eigenvalue weighted by Crippen LogP contribution is -2.25. The van der Waals surface area contributed by atoms with E-state index in [-0.39, 0.29) is 5.41 Å². The second-order valence-corrected chi connectivity index (χ2v) is 20.5. The number of fused-ring (bicyclic) bond motifs is 4. The van der Waals surface area contributed by atoms with Gasteiger partial charge in [-0.05, 0) is 138 Å². The first kappa shape index (κ1) is 47.6. The van der Waals surface area contributed by atoms with Gasteiger partial charge in [-0.3, -0.25) is 0 Å². The Morgan fingerprint density at radius 2 is 0.727 bits per heavy atom. The summed E-state index contributed by atoms with van der Waals surface area (Å²) in [7, 11) is 0. The molecule has 8 rings (SSSR count). The van der Waals surface area contributed by atoms with Crippen molar-refractivity contribution in [2.45, 2.75) is 187 Å². The first-order valence-corrected chi connectivity index (χ1v) is 26.9. The maximum atomic E-state index is 2.62. The molecule has 0 aromatic heterocycles. The fourth-order valence-electron chi connectivity index (χ4n) is 11.4. The van der Waals surface area contributed by atoms with E-state index in [4.69, 9.17) is 0 Å². The summed E-state index contributed by atoms with van der Waals surface area (Å²) in [5.41, 5.74) is 20.7. The molecule has 0 saturated carbocycles. The summed E-state index contributed by atoms with van der Waals surface area (Å²) in [5.74, 6) is 0. The summed E-state index contributed by atoms with van der Waals surface area (Å²) in [5, 5.41) is 0. The summed E-state index contributed by atoms with van der Waals surface area (Å²) in [4.78, 5) is 2.41. The van der Waals surface area contributed by atoms with Crippen LogP contribution in [0.5, 0.6) is 0 Å². The van der Waals surface area contributed by atoms with Gasteiger partial charge in [0.05, 0.1) is 0 Å². The molecule has 0 amide bonds. The minimum Gasteiger partial charge on any atom is -0.311 e. The van der Waals surface area contributed by atoms with Gasteiger partial charge in [-0.15, -0.1) is 0 Å². The van der Waals surface area contributed by atoms with Gasteiger partial charge < -0.3 is 4.90 Å². The van der Waals surface area contributed by atoms with Crippen LogP contribution in [0.4, 0.5) is 17.1 Å². The zero-order valence-electron chi connectivity index (χ0n) is 41.5. The summed E-state index contributed by atoms with van der Waals surface area (Å²) < 4.78 is 0. The van der Waals surface area contributed by atoms with Gasteiger partial charge in [-0.2, -0.15) is 0 Å². The molecule has 0 heterocycles. The second-order valence-electron chi connectivity index (χ2n) is 20.5. The Labute approximate surface area is 401 Å². The Balaban J connectivity index is 1.04. The molecule has 1 heteroatoms. The van der Waals surface area contributed by atoms with E-state index in [1.807, 2.05) is 0 Å². The van der Waals surface area contributed by atoms with Gasteiger partial charge in [0.25, 0.3) is 0 Å². The minimum atomic E-state index is 0.0713. The van der Waals surface area contributed by atoms with E-state index in [2.05, 4.69) is 160 Å². The Bertz CT molecular complexity index is 2390. The fraction of sp³-hybridized carbons (Fsp3) is 0.446. The van der Waals surface area contributed by atoms with Crippen LogP contribution in [0.1, 0.15) is 188 Å². The van der Waals surface area contributed by atoms with Gasteiger partial charge in [0.1, 0.15) is 0 Å². The molecule has 0 atom stereocenters. The summed E-state index contributed by atoms with van der Waals surface area (Å²) in [6.45, 7) is 9.12. The lowest BCUT2D eigenvalue weighted by Gasteiger charge is -2.33. The first-order valence-electron chi connectivity index (χ1n) is 26.9. The van der Waals surface area contributed by atoms with Crippen molar-refractivity contribution in [3.63, 3.8) is 0 Å². The lowest BCUT2D eigenvalue weighted by atomic mass is 9.70. The average molecular weight is 876 g/mol. The number of anilines is 3. The molecule has 1 nitrogen and oxygen atoms in total. The van der Waals surface area contributed by atoms with Crippen LogP contribution in [-0.2, 0) is 18.3 Å². The quantitative estimate of drug-likeness (QED) is 0.0466. The molecule has 2 aliphatic carbocycles. The third-order valence-electron chi connectivity index (χ3n) is 15.5. The van der Waals surface area contributed by atoms with Crippen LogP contribution in [0.15, 0.2) is 127 Å². The normalized spacial score (nSPS) is 13.3. The molecule has 0 spiro atoms. The zero-order chi connectivity index (χ0) is 45.6. The number of nitrogens with zero attached hydrogens (tertiary/aromatic N) is 1. The number of hydrogen-bond donors (Lipinski definition) is 0. The van der Waals surface area contributed by atoms with Gasteiger partial charge in [-0.25, -0.2) is 0 Å². The van der Waals surface area contributed by atoms with Crippen LogP contribution in [-0.4, -0.2) is 0 Å². The van der Waals surface area contributed by atoms with Crippen LogP contribution < -0.4 is 4.90 Å². The molecule has 0 unspecified atom stereocenters. The highest BCUT2D eigenvalue weighted by molar-refractivity contribution is 5.85. The molecule has 0 N–H and O–H groups in total. The maximum absolute atomic E-state index is 2.62. The number of benzene rings is 6. The Morgan fingerprint density at radius 3 is 1.20 bits per heavy atom. The molecule has 346 valence electrons. The van der Waals surface area contributed by atoms with Gasteiger partial charge in [0, 0.05) is 22.5 Å². The number of aryl methyl sites for hydroxylation is 4. The molecule has 0 saturated heterocycles. The van der Waals surface area contributed by atoms with Crippen molar-refractivity contribution in [3.8, 4) is 33.4 Å². The summed E-state index contributed by atoms with van der Waals surface area (Å²) in [6, 6.07) is 49.5. The minimum absolute atomic E-state index is 0.0713. The molecular formula is C65H81N. The highest BCUT2D eigenvalue weighted by Gasteiger charge is 2.42. The van der Waals surface area contributed by atoms with Gasteiger partial charge >= 0.3 is 0 Å². The molecule has 6 aromatic rings. The first-order chi connectivity index (χ1) is 32.5. The van der Waals surface area contributed by atoms with Crippen LogP contribution in [0, 0.1) is 13.8 Å². The van der Waals surface area contributed by atoms with Crippen molar-refractivity contribution in [1.82, 2.24) is 0 Å². The van der Waals surface area contributed by atoms with E-state index in [9.17, 15) is 0 Å². The molecule has 6 aromatic carbocycles. The van der Waals surface area contributed by atoms with Crippen molar-refractivity contribution < 1.29 is 0 Å². The maximum Gasteiger partial charge on any atom is 0.0462 e. The van der Waals surface area contributed by atoms with Crippen molar-refractivity contribution in [2.75, 3.05) is 4.90 Å². The molecule has 2 aliphatic rings. The van der Waals surface area contributed by atoms with Crippen molar-refractivity contribution in [1.29, 1.82) is 0 Å². The molecule has 66 heavy (non-hydrogen) atoms. The SMILES string of the molecule is CCCCCCCCCCCCC1(CCCCCCCCCCCC)c2cc(C)ccc2-c2ccc(-c3ccc(N(c4ccc(C)cc4)c4ccc(-c5ccc6c(c5)CC6)cc4)cc3)cc21. The lowest BCUT2D eigenvalue weighted by molar-refractivity contribution is 0.397. The average Bonchev–Trinajstić information content (AvgIpc) is 3.59. The third kappa shape index (κ3) is 11.6. The fourth-order valence-corrected chi connectivity index (χ4v) is 11.4. The second kappa shape index (κ2) is 23.7. The molecule has 0 aliphatic heterocycles. The monoisotopic (exact) mass is 876 g/mol. The molecule has 0 radical (unpaired) electrons. The number of unbranched alkanes of at least 4 members (excludes halogenated alkanes) is 18. The highest BCUT2D eigenvalue weighted by atomic mass is 15.1.